The summed E-state index contributed by atoms with van der Waals surface area (Å²) in [5, 5.41) is 12.0. The largest absolute Gasteiger partial charge is 0.493 e. The maximum atomic E-state index is 10.8. The van der Waals surface area contributed by atoms with E-state index in [1.165, 1.54) is 15.6 Å². The number of aliphatic hydroxyl groups is 1. The zero-order valence-electron chi connectivity index (χ0n) is 11.2. The molecule has 0 amide bonds. The van der Waals surface area contributed by atoms with E-state index in [1.54, 1.807) is 11.3 Å². The Morgan fingerprint density at radius 3 is 2.90 bits per heavy atom. The molecule has 4 rings (SSSR count). The van der Waals surface area contributed by atoms with E-state index in [1.807, 2.05) is 18.2 Å². The molecule has 0 aliphatic carbocycles. The second kappa shape index (κ2) is 5.13. The molecule has 1 aliphatic rings. The Balaban J connectivity index is 1.83. The van der Waals surface area contributed by atoms with Gasteiger partial charge < -0.3 is 9.84 Å². The molecule has 21 heavy (non-hydrogen) atoms. The number of benzene rings is 2. The molecule has 4 heteroatoms. The standard InChI is InChI=1S/C17H13BrO2S/c18-12-7-11-5-6-20-17(11)13(9-12)16(19)15-8-10-3-1-2-4-14(10)21-15/h1-4,7-9,16,19H,5-6H2. The molecule has 0 bridgehead atoms. The summed E-state index contributed by atoms with van der Waals surface area (Å²) >= 11 is 5.16. The monoisotopic (exact) mass is 360 g/mol. The molecule has 106 valence electrons. The van der Waals surface area contributed by atoms with Crippen LogP contribution in [0.2, 0.25) is 0 Å². The summed E-state index contributed by atoms with van der Waals surface area (Å²) in [5.74, 6) is 0.850. The fourth-order valence-electron chi connectivity index (χ4n) is 2.79. The molecule has 0 fully saturated rings. The van der Waals surface area contributed by atoms with Gasteiger partial charge in [0.25, 0.3) is 0 Å². The minimum atomic E-state index is -0.647. The summed E-state index contributed by atoms with van der Waals surface area (Å²) in [6.07, 6.45) is 0.257. The molecular formula is C17H13BrO2S. The van der Waals surface area contributed by atoms with Crippen molar-refractivity contribution in [2.75, 3.05) is 6.61 Å². The number of hydrogen-bond acceptors (Lipinski definition) is 3. The molecule has 1 N–H and O–H groups in total. The predicted molar refractivity (Wildman–Crippen MR) is 89.2 cm³/mol. The van der Waals surface area contributed by atoms with Gasteiger partial charge in [0.2, 0.25) is 0 Å². The summed E-state index contributed by atoms with van der Waals surface area (Å²) < 4.78 is 7.91. The van der Waals surface area contributed by atoms with Crippen molar-refractivity contribution in [3.05, 3.63) is 62.9 Å². The van der Waals surface area contributed by atoms with Gasteiger partial charge in [-0.3, -0.25) is 0 Å². The van der Waals surface area contributed by atoms with E-state index in [9.17, 15) is 5.11 Å². The lowest BCUT2D eigenvalue weighted by atomic mass is 10.0. The lowest BCUT2D eigenvalue weighted by molar-refractivity contribution is 0.217. The molecule has 1 aromatic heterocycles. The highest BCUT2D eigenvalue weighted by atomic mass is 79.9. The molecular weight excluding hydrogens is 348 g/mol. The van der Waals surface area contributed by atoms with Gasteiger partial charge in [-0.1, -0.05) is 34.1 Å². The van der Waals surface area contributed by atoms with Crippen molar-refractivity contribution < 1.29 is 9.84 Å². The van der Waals surface area contributed by atoms with E-state index in [4.69, 9.17) is 4.74 Å². The molecule has 2 aromatic carbocycles. The van der Waals surface area contributed by atoms with Gasteiger partial charge in [0.15, 0.2) is 0 Å². The predicted octanol–water partition coefficient (Wildman–Crippen LogP) is 4.68. The number of halogens is 1. The molecule has 1 unspecified atom stereocenters. The zero-order valence-corrected chi connectivity index (χ0v) is 13.6. The average Bonchev–Trinajstić information content (AvgIpc) is 3.11. The maximum Gasteiger partial charge on any atom is 0.128 e. The lowest BCUT2D eigenvalue weighted by Crippen LogP contribution is -2.00. The van der Waals surface area contributed by atoms with Gasteiger partial charge in [0, 0.05) is 26.0 Å². The number of fused-ring (bicyclic) bond motifs is 2. The van der Waals surface area contributed by atoms with Gasteiger partial charge in [-0.25, -0.2) is 0 Å². The molecule has 1 aliphatic heterocycles. The van der Waals surface area contributed by atoms with E-state index in [0.717, 1.165) is 27.1 Å². The fourth-order valence-corrected chi connectivity index (χ4v) is 4.38. The van der Waals surface area contributed by atoms with Crippen molar-refractivity contribution in [1.82, 2.24) is 0 Å². The number of aliphatic hydroxyl groups excluding tert-OH is 1. The summed E-state index contributed by atoms with van der Waals surface area (Å²) in [4.78, 5) is 0.951. The maximum absolute atomic E-state index is 10.8. The highest BCUT2D eigenvalue weighted by Crippen LogP contribution is 2.41. The smallest absolute Gasteiger partial charge is 0.128 e. The number of hydrogen-bond donors (Lipinski definition) is 1. The topological polar surface area (TPSA) is 29.5 Å². The Morgan fingerprint density at radius 1 is 1.19 bits per heavy atom. The minimum absolute atomic E-state index is 0.647. The third-order valence-corrected chi connectivity index (χ3v) is 5.41. The number of rotatable bonds is 2. The van der Waals surface area contributed by atoms with Crippen LogP contribution in [0.4, 0.5) is 0 Å². The highest BCUT2D eigenvalue weighted by molar-refractivity contribution is 9.10. The molecule has 0 saturated heterocycles. The minimum Gasteiger partial charge on any atom is -0.493 e. The van der Waals surface area contributed by atoms with Crippen LogP contribution in [0.15, 0.2) is 46.9 Å². The van der Waals surface area contributed by atoms with Gasteiger partial charge in [-0.15, -0.1) is 11.3 Å². The molecule has 2 heterocycles. The first-order valence-corrected chi connectivity index (χ1v) is 8.45. The van der Waals surface area contributed by atoms with E-state index < -0.39 is 6.10 Å². The molecule has 0 saturated carbocycles. The van der Waals surface area contributed by atoms with Gasteiger partial charge in [-0.05, 0) is 35.2 Å². The Labute approximate surface area is 135 Å². The van der Waals surface area contributed by atoms with Crippen LogP contribution in [0.3, 0.4) is 0 Å². The van der Waals surface area contributed by atoms with Crippen LogP contribution in [0.1, 0.15) is 22.1 Å². The average molecular weight is 361 g/mol. The summed E-state index contributed by atoms with van der Waals surface area (Å²) in [5.41, 5.74) is 2.02. The second-order valence-electron chi connectivity index (χ2n) is 5.17. The van der Waals surface area contributed by atoms with Crippen molar-refractivity contribution >= 4 is 37.4 Å². The van der Waals surface area contributed by atoms with Crippen LogP contribution in [0.5, 0.6) is 5.75 Å². The normalized spacial score (nSPS) is 15.0. The lowest BCUT2D eigenvalue weighted by Gasteiger charge is -2.14. The van der Waals surface area contributed by atoms with Gasteiger partial charge in [0.1, 0.15) is 11.9 Å². The van der Waals surface area contributed by atoms with Gasteiger partial charge in [0.05, 0.1) is 6.61 Å². The van der Waals surface area contributed by atoms with E-state index in [0.29, 0.717) is 6.61 Å². The van der Waals surface area contributed by atoms with Crippen LogP contribution < -0.4 is 4.74 Å². The zero-order chi connectivity index (χ0) is 14.4. The first-order valence-electron chi connectivity index (χ1n) is 6.84. The summed E-state index contributed by atoms with van der Waals surface area (Å²) in [6, 6.07) is 14.3. The van der Waals surface area contributed by atoms with Crippen molar-refractivity contribution in [2.24, 2.45) is 0 Å². The van der Waals surface area contributed by atoms with Crippen molar-refractivity contribution in [1.29, 1.82) is 0 Å². The Morgan fingerprint density at radius 2 is 2.05 bits per heavy atom. The molecule has 0 radical (unpaired) electrons. The number of thiophene rings is 1. The van der Waals surface area contributed by atoms with Crippen molar-refractivity contribution in [3.8, 4) is 5.75 Å². The van der Waals surface area contributed by atoms with E-state index in [2.05, 4.69) is 40.2 Å². The van der Waals surface area contributed by atoms with Crippen molar-refractivity contribution in [2.45, 2.75) is 12.5 Å². The second-order valence-corrected chi connectivity index (χ2v) is 7.20. The van der Waals surface area contributed by atoms with E-state index in [-0.39, 0.29) is 0 Å². The SMILES string of the molecule is OC(c1cc2ccccc2s1)c1cc(Br)cc2c1OCC2. The fraction of sp³-hybridized carbons (Fsp3) is 0.176. The van der Waals surface area contributed by atoms with Gasteiger partial charge >= 0.3 is 0 Å². The quantitative estimate of drug-likeness (QED) is 0.718. The third-order valence-electron chi connectivity index (χ3n) is 3.79. The Bertz CT molecular complexity index is 792. The first-order chi connectivity index (χ1) is 10.2. The van der Waals surface area contributed by atoms with Crippen LogP contribution >= 0.6 is 27.3 Å². The van der Waals surface area contributed by atoms with E-state index >= 15 is 0 Å². The molecule has 3 aromatic rings. The molecule has 2 nitrogen and oxygen atoms in total. The molecule has 0 spiro atoms. The van der Waals surface area contributed by atoms with Crippen LogP contribution in [-0.4, -0.2) is 11.7 Å². The molecule has 1 atom stereocenters. The highest BCUT2D eigenvalue weighted by Gasteiger charge is 2.24. The third kappa shape index (κ3) is 2.27. The number of ether oxygens (including phenoxy) is 1. The summed E-state index contributed by atoms with van der Waals surface area (Å²) in [6.45, 7) is 0.692. The Kier molecular flexibility index (Phi) is 3.25. The van der Waals surface area contributed by atoms with Crippen LogP contribution in [0, 0.1) is 0 Å². The van der Waals surface area contributed by atoms with Crippen molar-refractivity contribution in [3.63, 3.8) is 0 Å². The van der Waals surface area contributed by atoms with Crippen LogP contribution in [0.25, 0.3) is 10.1 Å². The Hall–Kier alpha value is -1.36. The first kappa shape index (κ1) is 13.3. The van der Waals surface area contributed by atoms with Gasteiger partial charge in [-0.2, -0.15) is 0 Å². The summed E-state index contributed by atoms with van der Waals surface area (Å²) in [7, 11) is 0. The van der Waals surface area contributed by atoms with Crippen LogP contribution in [-0.2, 0) is 6.42 Å².